The second-order valence-corrected chi connectivity index (χ2v) is 12.2. The van der Waals surface area contributed by atoms with Gasteiger partial charge in [-0.05, 0) is 30.0 Å². The van der Waals surface area contributed by atoms with E-state index in [9.17, 15) is 13.2 Å². The first-order chi connectivity index (χ1) is 16.6. The molecule has 2 aromatic carbocycles. The molecule has 1 aromatic heterocycles. The maximum Gasteiger partial charge on any atom is 0.247 e. The number of hydrogen-bond donors (Lipinski definition) is 2. The van der Waals surface area contributed by atoms with Crippen molar-refractivity contribution in [2.45, 2.75) is 26.8 Å². The predicted molar refractivity (Wildman–Crippen MR) is 145 cm³/mol. The maximum atomic E-state index is 12.4. The van der Waals surface area contributed by atoms with E-state index >= 15 is 0 Å². The topological polar surface area (TPSA) is 105 Å². The summed E-state index contributed by atoms with van der Waals surface area (Å²) in [4.78, 5) is 19.4. The highest BCUT2D eigenvalue weighted by molar-refractivity contribution is 7.90. The molecule has 0 bridgehead atoms. The van der Waals surface area contributed by atoms with Gasteiger partial charge in [-0.1, -0.05) is 73.4 Å². The molecule has 0 aliphatic rings. The van der Waals surface area contributed by atoms with E-state index in [1.54, 1.807) is 12.1 Å². The first kappa shape index (κ1) is 27.4. The standard InChI is InChI=1S/C24H28Cl2N4O3S2/c1-16(2)12-21-23(18-8-9-19(25)20(26)13-18)28-24(34-21)30(15-17-6-4-3-5-7-17)10-11-35(32,33)29-22(31)14-27/h3-9,13,16H,10-12,14-15,27H2,1-2H3,(H,29,31). The molecule has 1 heterocycles. The normalized spacial score (nSPS) is 11.6. The van der Waals surface area contributed by atoms with Crippen LogP contribution in [0.3, 0.4) is 0 Å². The van der Waals surface area contributed by atoms with Crippen molar-refractivity contribution >= 4 is 55.6 Å². The zero-order valence-electron chi connectivity index (χ0n) is 19.5. The summed E-state index contributed by atoms with van der Waals surface area (Å²) in [6, 6.07) is 15.1. The average Bonchev–Trinajstić information content (AvgIpc) is 3.21. The lowest BCUT2D eigenvalue weighted by atomic mass is 10.0. The van der Waals surface area contributed by atoms with Crippen LogP contribution in [0.2, 0.25) is 10.0 Å². The summed E-state index contributed by atoms with van der Waals surface area (Å²) >= 11 is 13.9. The van der Waals surface area contributed by atoms with Crippen LogP contribution in [0, 0.1) is 5.92 Å². The Labute approximate surface area is 220 Å². The van der Waals surface area contributed by atoms with E-state index in [-0.39, 0.29) is 12.3 Å². The number of nitrogens with zero attached hydrogens (tertiary/aromatic N) is 2. The Balaban J connectivity index is 1.98. The summed E-state index contributed by atoms with van der Waals surface area (Å²) in [6.07, 6.45) is 0.803. The molecule has 7 nitrogen and oxygen atoms in total. The fraction of sp³-hybridized carbons (Fsp3) is 0.333. The molecule has 0 aliphatic heterocycles. The molecule has 0 atom stereocenters. The first-order valence-electron chi connectivity index (χ1n) is 11.1. The Kier molecular flexibility index (Phi) is 9.54. The molecule has 3 aromatic rings. The Bertz CT molecular complexity index is 1270. The number of thiazole rings is 1. The molecule has 1 amide bonds. The Morgan fingerprint density at radius 3 is 2.49 bits per heavy atom. The Morgan fingerprint density at radius 1 is 1.14 bits per heavy atom. The molecule has 3 rings (SSSR count). The molecule has 0 unspecified atom stereocenters. The third-order valence-electron chi connectivity index (χ3n) is 5.04. The Hall–Kier alpha value is -2.17. The van der Waals surface area contributed by atoms with E-state index in [1.807, 2.05) is 46.0 Å². The third-order valence-corrected chi connectivity index (χ3v) is 8.18. The Morgan fingerprint density at radius 2 is 1.86 bits per heavy atom. The molecule has 0 saturated carbocycles. The van der Waals surface area contributed by atoms with Gasteiger partial charge in [-0.2, -0.15) is 0 Å². The first-order valence-corrected chi connectivity index (χ1v) is 14.3. The van der Waals surface area contributed by atoms with Crippen molar-refractivity contribution in [1.29, 1.82) is 0 Å². The quantitative estimate of drug-likeness (QED) is 0.355. The van der Waals surface area contributed by atoms with Gasteiger partial charge in [-0.15, -0.1) is 11.3 Å². The van der Waals surface area contributed by atoms with Crippen LogP contribution in [-0.4, -0.2) is 38.2 Å². The van der Waals surface area contributed by atoms with Gasteiger partial charge in [0.25, 0.3) is 0 Å². The molecule has 0 spiro atoms. The molecular formula is C24H28Cl2N4O3S2. The number of rotatable bonds is 11. The van der Waals surface area contributed by atoms with Crippen LogP contribution in [0.5, 0.6) is 0 Å². The van der Waals surface area contributed by atoms with Gasteiger partial charge in [-0.25, -0.2) is 13.4 Å². The smallest absolute Gasteiger partial charge is 0.247 e. The van der Waals surface area contributed by atoms with Gasteiger partial charge in [-0.3, -0.25) is 9.52 Å². The van der Waals surface area contributed by atoms with Crippen LogP contribution >= 0.6 is 34.5 Å². The molecule has 188 valence electrons. The number of hydrogen-bond acceptors (Lipinski definition) is 7. The highest BCUT2D eigenvalue weighted by Crippen LogP contribution is 2.37. The van der Waals surface area contributed by atoms with Crippen LogP contribution in [0.4, 0.5) is 5.13 Å². The number of carbonyl (C=O) groups excluding carboxylic acids is 1. The number of benzene rings is 2. The van der Waals surface area contributed by atoms with E-state index in [2.05, 4.69) is 13.8 Å². The van der Waals surface area contributed by atoms with E-state index < -0.39 is 22.5 Å². The van der Waals surface area contributed by atoms with Crippen molar-refractivity contribution in [1.82, 2.24) is 9.71 Å². The summed E-state index contributed by atoms with van der Waals surface area (Å²) in [7, 11) is -3.85. The largest absolute Gasteiger partial charge is 0.343 e. The molecule has 35 heavy (non-hydrogen) atoms. The number of anilines is 1. The van der Waals surface area contributed by atoms with E-state index in [0.717, 1.165) is 28.1 Å². The lowest BCUT2D eigenvalue weighted by Gasteiger charge is -2.22. The second kappa shape index (κ2) is 12.2. The van der Waals surface area contributed by atoms with Crippen LogP contribution in [0.15, 0.2) is 48.5 Å². The zero-order chi connectivity index (χ0) is 25.6. The van der Waals surface area contributed by atoms with Gasteiger partial charge in [0.15, 0.2) is 5.13 Å². The fourth-order valence-corrected chi connectivity index (χ4v) is 6.01. The van der Waals surface area contributed by atoms with Gasteiger partial charge in [0.1, 0.15) is 0 Å². The van der Waals surface area contributed by atoms with Crippen molar-refractivity contribution in [2.24, 2.45) is 11.7 Å². The molecule has 0 fully saturated rings. The molecule has 11 heteroatoms. The minimum absolute atomic E-state index is 0.136. The number of aromatic nitrogens is 1. The van der Waals surface area contributed by atoms with Crippen molar-refractivity contribution < 1.29 is 13.2 Å². The average molecular weight is 556 g/mol. The molecule has 0 saturated heterocycles. The van der Waals surface area contributed by atoms with Crippen LogP contribution in [-0.2, 0) is 27.8 Å². The summed E-state index contributed by atoms with van der Waals surface area (Å²) in [6.45, 7) is 4.46. The lowest BCUT2D eigenvalue weighted by Crippen LogP contribution is -2.40. The molecule has 0 radical (unpaired) electrons. The van der Waals surface area contributed by atoms with Crippen LogP contribution < -0.4 is 15.4 Å². The fourth-order valence-electron chi connectivity index (χ4n) is 3.40. The van der Waals surface area contributed by atoms with Gasteiger partial charge in [0, 0.05) is 23.5 Å². The molecule has 0 aliphatic carbocycles. The minimum atomic E-state index is -3.85. The van der Waals surface area contributed by atoms with E-state index in [1.165, 1.54) is 11.3 Å². The highest BCUT2D eigenvalue weighted by atomic mass is 35.5. The van der Waals surface area contributed by atoms with Gasteiger partial charge >= 0.3 is 0 Å². The summed E-state index contributed by atoms with van der Waals surface area (Å²) in [5.74, 6) is -0.638. The van der Waals surface area contributed by atoms with Crippen LogP contribution in [0.1, 0.15) is 24.3 Å². The van der Waals surface area contributed by atoms with E-state index in [4.69, 9.17) is 33.9 Å². The van der Waals surface area contributed by atoms with Crippen molar-refractivity contribution in [2.75, 3.05) is 23.7 Å². The van der Waals surface area contributed by atoms with Crippen molar-refractivity contribution in [3.63, 3.8) is 0 Å². The van der Waals surface area contributed by atoms with Crippen LogP contribution in [0.25, 0.3) is 11.3 Å². The maximum absolute atomic E-state index is 12.4. The third kappa shape index (κ3) is 7.91. The zero-order valence-corrected chi connectivity index (χ0v) is 22.6. The highest BCUT2D eigenvalue weighted by Gasteiger charge is 2.22. The predicted octanol–water partition coefficient (Wildman–Crippen LogP) is 4.73. The molecular weight excluding hydrogens is 527 g/mol. The lowest BCUT2D eigenvalue weighted by molar-refractivity contribution is -0.118. The second-order valence-electron chi connectivity index (χ2n) is 8.45. The van der Waals surface area contributed by atoms with Gasteiger partial charge in [0.05, 0.1) is 28.0 Å². The van der Waals surface area contributed by atoms with E-state index in [0.29, 0.717) is 27.6 Å². The van der Waals surface area contributed by atoms with Gasteiger partial charge < -0.3 is 10.6 Å². The monoisotopic (exact) mass is 554 g/mol. The summed E-state index contributed by atoms with van der Waals surface area (Å²) < 4.78 is 26.9. The van der Waals surface area contributed by atoms with Crippen molar-refractivity contribution in [3.8, 4) is 11.3 Å². The minimum Gasteiger partial charge on any atom is -0.343 e. The number of nitrogens with two attached hydrogens (primary N) is 1. The van der Waals surface area contributed by atoms with Gasteiger partial charge in [0.2, 0.25) is 15.9 Å². The summed E-state index contributed by atoms with van der Waals surface area (Å²) in [5.41, 5.74) is 7.90. The summed E-state index contributed by atoms with van der Waals surface area (Å²) in [5, 5.41) is 1.59. The molecule has 3 N–H and O–H groups in total. The van der Waals surface area contributed by atoms with Crippen molar-refractivity contribution in [3.05, 3.63) is 69.0 Å². The number of nitrogens with one attached hydrogen (secondary N) is 1. The SMILES string of the molecule is CC(C)Cc1sc(N(CCS(=O)(=O)NC(=O)CN)Cc2ccccc2)nc1-c1ccc(Cl)c(Cl)c1. The number of carbonyl (C=O) groups is 1. The number of sulfonamides is 1. The number of halogens is 2. The number of amides is 1.